The molecule has 1 saturated heterocycles. The number of carbonyl (C=O) groups is 2. The minimum Gasteiger partial charge on any atom is -0.317 e. The maximum Gasteiger partial charge on any atom is 0.227 e. The van der Waals surface area contributed by atoms with Crippen molar-refractivity contribution in [1.82, 2.24) is 20.1 Å². The molecule has 0 spiro atoms. The number of halogens is 1. The van der Waals surface area contributed by atoms with E-state index >= 15 is 0 Å². The van der Waals surface area contributed by atoms with Crippen LogP contribution in [0.2, 0.25) is 0 Å². The summed E-state index contributed by atoms with van der Waals surface area (Å²) in [4.78, 5) is 29.4. The summed E-state index contributed by atoms with van der Waals surface area (Å²) >= 11 is 0. The van der Waals surface area contributed by atoms with Crippen LogP contribution in [0.4, 0.5) is 5.95 Å². The van der Waals surface area contributed by atoms with Crippen LogP contribution in [-0.4, -0.2) is 39.5 Å². The van der Waals surface area contributed by atoms with Gasteiger partial charge < -0.3 is 5.32 Å². The van der Waals surface area contributed by atoms with Gasteiger partial charge in [-0.15, -0.1) is 12.4 Å². The molecule has 2 aromatic rings. The number of hydrogen-bond acceptors (Lipinski definition) is 5. The number of anilines is 1. The Bertz CT molecular complexity index is 905. The molecule has 0 unspecified atom stereocenters. The SMILES string of the molecule is Cl.Cn1nc(C2CCNCC2)nc1NC(=O)CCC(=O)c1ccc2c(c1)CCCC2. The van der Waals surface area contributed by atoms with Crippen molar-refractivity contribution in [2.24, 2.45) is 7.05 Å². The maximum absolute atomic E-state index is 12.5. The van der Waals surface area contributed by atoms with Crippen molar-refractivity contribution in [3.63, 3.8) is 0 Å². The Morgan fingerprint density at radius 2 is 1.87 bits per heavy atom. The highest BCUT2D eigenvalue weighted by Gasteiger charge is 2.21. The van der Waals surface area contributed by atoms with Gasteiger partial charge in [0.1, 0.15) is 0 Å². The molecule has 4 rings (SSSR count). The summed E-state index contributed by atoms with van der Waals surface area (Å²) < 4.78 is 1.61. The summed E-state index contributed by atoms with van der Waals surface area (Å²) in [5, 5.41) is 10.6. The van der Waals surface area contributed by atoms with E-state index in [2.05, 4.69) is 26.8 Å². The van der Waals surface area contributed by atoms with Gasteiger partial charge in [0.15, 0.2) is 11.6 Å². The number of carbonyl (C=O) groups excluding carboxylic acids is 2. The fourth-order valence-corrected chi connectivity index (χ4v) is 4.23. The molecule has 1 aromatic carbocycles. The van der Waals surface area contributed by atoms with E-state index in [0.717, 1.165) is 44.6 Å². The van der Waals surface area contributed by atoms with Crippen LogP contribution in [-0.2, 0) is 24.7 Å². The second-order valence-electron chi connectivity index (χ2n) is 8.10. The Morgan fingerprint density at radius 3 is 2.63 bits per heavy atom. The van der Waals surface area contributed by atoms with Crippen molar-refractivity contribution in [1.29, 1.82) is 0 Å². The predicted molar refractivity (Wildman–Crippen MR) is 118 cm³/mol. The topological polar surface area (TPSA) is 88.9 Å². The molecular weight excluding hydrogens is 402 g/mol. The normalized spacial score (nSPS) is 16.4. The van der Waals surface area contributed by atoms with Crippen LogP contribution in [0.5, 0.6) is 0 Å². The number of aryl methyl sites for hydroxylation is 3. The molecule has 2 N–H and O–H groups in total. The van der Waals surface area contributed by atoms with Gasteiger partial charge >= 0.3 is 0 Å². The smallest absolute Gasteiger partial charge is 0.227 e. The first-order valence-electron chi connectivity index (χ1n) is 10.7. The van der Waals surface area contributed by atoms with Crippen molar-refractivity contribution in [2.75, 3.05) is 18.4 Å². The standard InChI is InChI=1S/C22H29N5O2.ClH/c1-27-22(25-21(26-27)16-10-12-23-13-11-16)24-20(29)9-8-19(28)18-7-6-15-4-2-3-5-17(15)14-18;/h6-7,14,16,23H,2-5,8-13H2,1H3,(H,24,25,26,29);1H. The van der Waals surface area contributed by atoms with Crippen molar-refractivity contribution >= 4 is 30.0 Å². The molecule has 0 radical (unpaired) electrons. The lowest BCUT2D eigenvalue weighted by atomic mass is 9.89. The lowest BCUT2D eigenvalue weighted by Gasteiger charge is -2.19. The number of ketones is 1. The van der Waals surface area contributed by atoms with Gasteiger partial charge in [0, 0.05) is 31.4 Å². The van der Waals surface area contributed by atoms with E-state index < -0.39 is 0 Å². The van der Waals surface area contributed by atoms with E-state index in [4.69, 9.17) is 0 Å². The number of nitrogens with zero attached hydrogens (tertiary/aromatic N) is 3. The molecule has 1 aliphatic carbocycles. The zero-order valence-electron chi connectivity index (χ0n) is 17.4. The van der Waals surface area contributed by atoms with Gasteiger partial charge in [-0.25, -0.2) is 4.68 Å². The summed E-state index contributed by atoms with van der Waals surface area (Å²) in [5.74, 6) is 1.38. The first-order valence-corrected chi connectivity index (χ1v) is 10.7. The number of nitrogens with one attached hydrogen (secondary N) is 2. The summed E-state index contributed by atoms with van der Waals surface area (Å²) in [6.07, 6.45) is 6.91. The third-order valence-electron chi connectivity index (χ3n) is 5.98. The molecular formula is C22H30ClN5O2. The van der Waals surface area contributed by atoms with E-state index in [1.54, 1.807) is 11.7 Å². The van der Waals surface area contributed by atoms with E-state index in [1.165, 1.54) is 24.0 Å². The van der Waals surface area contributed by atoms with Crippen LogP contribution in [0.1, 0.15) is 71.8 Å². The van der Waals surface area contributed by atoms with Crippen LogP contribution in [0.3, 0.4) is 0 Å². The number of hydrogen-bond donors (Lipinski definition) is 2. The molecule has 2 aliphatic rings. The maximum atomic E-state index is 12.5. The molecule has 8 heteroatoms. The van der Waals surface area contributed by atoms with Gasteiger partial charge in [-0.2, -0.15) is 10.1 Å². The molecule has 30 heavy (non-hydrogen) atoms. The fraction of sp³-hybridized carbons (Fsp3) is 0.545. The highest BCUT2D eigenvalue weighted by atomic mass is 35.5. The lowest BCUT2D eigenvalue weighted by molar-refractivity contribution is -0.116. The fourth-order valence-electron chi connectivity index (χ4n) is 4.23. The largest absolute Gasteiger partial charge is 0.317 e. The Kier molecular flexibility index (Phi) is 7.61. The average molecular weight is 432 g/mol. The van der Waals surface area contributed by atoms with Gasteiger partial charge in [-0.05, 0) is 68.8 Å². The Balaban J connectivity index is 0.00000256. The Hall–Kier alpha value is -2.25. The first kappa shape index (κ1) is 22.4. The highest BCUT2D eigenvalue weighted by molar-refractivity contribution is 5.99. The Labute approximate surface area is 183 Å². The number of fused-ring (bicyclic) bond motifs is 1. The monoisotopic (exact) mass is 431 g/mol. The van der Waals surface area contributed by atoms with Gasteiger partial charge in [-0.1, -0.05) is 12.1 Å². The van der Waals surface area contributed by atoms with Crippen LogP contribution < -0.4 is 10.6 Å². The van der Waals surface area contributed by atoms with Gasteiger partial charge in [-0.3, -0.25) is 14.9 Å². The van der Waals surface area contributed by atoms with Crippen molar-refractivity contribution < 1.29 is 9.59 Å². The molecule has 1 aliphatic heterocycles. The molecule has 162 valence electrons. The van der Waals surface area contributed by atoms with Crippen LogP contribution in [0.15, 0.2) is 18.2 Å². The first-order chi connectivity index (χ1) is 14.1. The number of aromatic nitrogens is 3. The summed E-state index contributed by atoms with van der Waals surface area (Å²) in [5.41, 5.74) is 3.36. The number of amides is 1. The van der Waals surface area contributed by atoms with Crippen LogP contribution in [0, 0.1) is 0 Å². The lowest BCUT2D eigenvalue weighted by Crippen LogP contribution is -2.27. The summed E-state index contributed by atoms with van der Waals surface area (Å²) in [6, 6.07) is 5.99. The van der Waals surface area contributed by atoms with Gasteiger partial charge in [0.2, 0.25) is 11.9 Å². The molecule has 1 aromatic heterocycles. The molecule has 0 atom stereocenters. The van der Waals surface area contributed by atoms with E-state index in [0.29, 0.717) is 17.4 Å². The third kappa shape index (κ3) is 5.26. The quantitative estimate of drug-likeness (QED) is 0.685. The second kappa shape index (κ2) is 10.2. The molecule has 7 nitrogen and oxygen atoms in total. The number of Topliss-reactive ketones (excluding diaryl/α,β-unsaturated/α-hetero) is 1. The molecule has 2 heterocycles. The van der Waals surface area contributed by atoms with Crippen LogP contribution >= 0.6 is 12.4 Å². The molecule has 1 amide bonds. The third-order valence-corrected chi connectivity index (χ3v) is 5.98. The zero-order valence-corrected chi connectivity index (χ0v) is 18.3. The van der Waals surface area contributed by atoms with Gasteiger partial charge in [0.25, 0.3) is 0 Å². The van der Waals surface area contributed by atoms with Crippen molar-refractivity contribution in [2.45, 2.75) is 57.3 Å². The molecule has 0 bridgehead atoms. The van der Waals surface area contributed by atoms with E-state index in [-0.39, 0.29) is 36.9 Å². The predicted octanol–water partition coefficient (Wildman–Crippen LogP) is 3.18. The van der Waals surface area contributed by atoms with Crippen molar-refractivity contribution in [3.8, 4) is 0 Å². The van der Waals surface area contributed by atoms with E-state index in [1.807, 2.05) is 12.1 Å². The minimum absolute atomic E-state index is 0. The Morgan fingerprint density at radius 1 is 1.13 bits per heavy atom. The number of piperidine rings is 1. The summed E-state index contributed by atoms with van der Waals surface area (Å²) in [7, 11) is 1.78. The number of rotatable bonds is 6. The zero-order chi connectivity index (χ0) is 20.2. The van der Waals surface area contributed by atoms with Crippen molar-refractivity contribution in [3.05, 3.63) is 40.7 Å². The second-order valence-corrected chi connectivity index (χ2v) is 8.10. The van der Waals surface area contributed by atoms with E-state index in [9.17, 15) is 9.59 Å². The highest BCUT2D eigenvalue weighted by Crippen LogP contribution is 2.24. The average Bonchev–Trinajstić information content (AvgIpc) is 3.12. The molecule has 1 fully saturated rings. The minimum atomic E-state index is -0.205. The number of benzene rings is 1. The molecule has 0 saturated carbocycles. The van der Waals surface area contributed by atoms with Gasteiger partial charge in [0.05, 0.1) is 0 Å². The van der Waals surface area contributed by atoms with Crippen LogP contribution in [0.25, 0.3) is 0 Å². The summed E-state index contributed by atoms with van der Waals surface area (Å²) in [6.45, 7) is 1.94.